The normalized spacial score (nSPS) is 15.2. The van der Waals surface area contributed by atoms with Crippen LogP contribution in [0.1, 0.15) is 19.8 Å². The van der Waals surface area contributed by atoms with Crippen LogP contribution in [0.2, 0.25) is 0 Å². The van der Waals surface area contributed by atoms with Crippen LogP contribution in [0.3, 0.4) is 0 Å². The zero-order valence-electron chi connectivity index (χ0n) is 13.6. The van der Waals surface area contributed by atoms with Crippen molar-refractivity contribution in [2.75, 3.05) is 0 Å². The molecule has 0 aliphatic heterocycles. The number of carbonyl (C=O) groups excluding carboxylic acids is 1. The summed E-state index contributed by atoms with van der Waals surface area (Å²) in [5, 5.41) is 5.73. The van der Waals surface area contributed by atoms with E-state index in [0.717, 1.165) is 24.0 Å². The summed E-state index contributed by atoms with van der Waals surface area (Å²) >= 11 is 2.73. The molecule has 0 saturated heterocycles. The summed E-state index contributed by atoms with van der Waals surface area (Å²) in [6.07, 6.45) is 2.11. The van der Waals surface area contributed by atoms with Crippen LogP contribution < -0.4 is 10.9 Å². The lowest BCUT2D eigenvalue weighted by atomic mass is 10.1. The molecule has 0 unspecified atom stereocenters. The number of nitrogens with zero attached hydrogens (tertiary/aromatic N) is 1. The topological polar surface area (TPSA) is 74.8 Å². The quantitative estimate of drug-likeness (QED) is 0.532. The summed E-state index contributed by atoms with van der Waals surface area (Å²) in [5.74, 6) is -0.00796. The Hall–Kier alpha value is -2.12. The third-order valence-corrected chi connectivity index (χ3v) is 5.94. The molecule has 2 heterocycles. The maximum absolute atomic E-state index is 12.6. The largest absolute Gasteiger partial charge is 0.352 e. The minimum Gasteiger partial charge on any atom is -0.352 e. The molecule has 0 bridgehead atoms. The second-order valence-electron chi connectivity index (χ2n) is 6.11. The third-order valence-electron chi connectivity index (χ3n) is 4.09. The zero-order valence-corrected chi connectivity index (χ0v) is 15.2. The van der Waals surface area contributed by atoms with Crippen LogP contribution in [0.4, 0.5) is 0 Å². The Bertz CT molecular complexity index is 977. The van der Waals surface area contributed by atoms with Crippen LogP contribution in [-0.4, -0.2) is 27.2 Å². The number of amides is 1. The first-order valence-corrected chi connectivity index (χ1v) is 9.91. The van der Waals surface area contributed by atoms with E-state index in [1.54, 1.807) is 0 Å². The molecular weight excluding hydrogens is 354 g/mol. The maximum Gasteiger partial charge on any atom is 0.260 e. The molecule has 3 aromatic rings. The van der Waals surface area contributed by atoms with Crippen LogP contribution >= 0.6 is 23.1 Å². The van der Waals surface area contributed by atoms with E-state index in [1.165, 1.54) is 23.1 Å². The van der Waals surface area contributed by atoms with Gasteiger partial charge in [-0.2, -0.15) is 0 Å². The molecule has 25 heavy (non-hydrogen) atoms. The van der Waals surface area contributed by atoms with E-state index >= 15 is 0 Å². The first-order valence-electron chi connectivity index (χ1n) is 8.16. The minimum absolute atomic E-state index is 0.00796. The second kappa shape index (κ2) is 6.65. The number of nitrogens with one attached hydrogen (secondary N) is 2. The molecule has 4 rings (SSSR count). The van der Waals surface area contributed by atoms with Crippen molar-refractivity contribution in [3.8, 4) is 11.1 Å². The first-order chi connectivity index (χ1) is 12.1. The van der Waals surface area contributed by atoms with E-state index in [0.29, 0.717) is 21.4 Å². The molecule has 7 heteroatoms. The summed E-state index contributed by atoms with van der Waals surface area (Å²) in [7, 11) is 0. The van der Waals surface area contributed by atoms with E-state index in [2.05, 4.69) is 15.3 Å². The third kappa shape index (κ3) is 3.48. The Morgan fingerprint density at radius 3 is 2.84 bits per heavy atom. The highest BCUT2D eigenvalue weighted by molar-refractivity contribution is 8.00. The highest BCUT2D eigenvalue weighted by Gasteiger charge is 2.26. The Morgan fingerprint density at radius 2 is 2.12 bits per heavy atom. The number of aromatic nitrogens is 2. The average Bonchev–Trinajstić information content (AvgIpc) is 3.31. The Morgan fingerprint density at radius 1 is 1.36 bits per heavy atom. The van der Waals surface area contributed by atoms with Crippen molar-refractivity contribution in [2.24, 2.45) is 0 Å². The van der Waals surface area contributed by atoms with Gasteiger partial charge in [0.15, 0.2) is 5.16 Å². The van der Waals surface area contributed by atoms with E-state index in [-0.39, 0.29) is 16.7 Å². The van der Waals surface area contributed by atoms with Crippen LogP contribution in [0.15, 0.2) is 45.7 Å². The van der Waals surface area contributed by atoms with Crippen molar-refractivity contribution in [1.29, 1.82) is 0 Å². The standard InChI is InChI=1S/C18H17N3O2S2/c1-10(15(22)19-12-7-8-12)25-18-20-16(23)14-13(9-24-17(14)21-18)11-5-3-2-4-6-11/h2-6,9-10,12H,7-8H2,1H3,(H,19,22)(H,20,21,23)/t10-/m0/s1. The molecule has 1 atom stereocenters. The number of H-pyrrole nitrogens is 1. The lowest BCUT2D eigenvalue weighted by Gasteiger charge is -2.10. The van der Waals surface area contributed by atoms with Gasteiger partial charge in [0.2, 0.25) is 5.91 Å². The van der Waals surface area contributed by atoms with Crippen molar-refractivity contribution in [2.45, 2.75) is 36.2 Å². The number of hydrogen-bond donors (Lipinski definition) is 2. The summed E-state index contributed by atoms with van der Waals surface area (Å²) < 4.78 is 0. The van der Waals surface area contributed by atoms with Crippen molar-refractivity contribution in [3.05, 3.63) is 46.1 Å². The van der Waals surface area contributed by atoms with Gasteiger partial charge >= 0.3 is 0 Å². The second-order valence-corrected chi connectivity index (χ2v) is 8.30. The highest BCUT2D eigenvalue weighted by atomic mass is 32.2. The molecule has 128 valence electrons. The van der Waals surface area contributed by atoms with Gasteiger partial charge in [-0.1, -0.05) is 42.1 Å². The molecule has 0 spiro atoms. The van der Waals surface area contributed by atoms with Gasteiger partial charge in [-0.25, -0.2) is 4.98 Å². The number of rotatable bonds is 5. The van der Waals surface area contributed by atoms with Gasteiger partial charge in [0.25, 0.3) is 5.56 Å². The zero-order chi connectivity index (χ0) is 17.4. The van der Waals surface area contributed by atoms with E-state index in [4.69, 9.17) is 0 Å². The summed E-state index contributed by atoms with van der Waals surface area (Å²) in [6.45, 7) is 1.83. The predicted molar refractivity (Wildman–Crippen MR) is 102 cm³/mol. The molecule has 1 amide bonds. The molecular formula is C18H17N3O2S2. The fraction of sp³-hybridized carbons (Fsp3) is 0.278. The SMILES string of the molecule is C[C@H](Sc1nc2scc(-c3ccccc3)c2c(=O)[nH]1)C(=O)NC1CC1. The van der Waals surface area contributed by atoms with Gasteiger partial charge in [0.05, 0.1) is 10.6 Å². The summed E-state index contributed by atoms with van der Waals surface area (Å²) in [4.78, 5) is 32.7. The summed E-state index contributed by atoms with van der Waals surface area (Å²) in [6, 6.07) is 10.1. The van der Waals surface area contributed by atoms with Crippen molar-refractivity contribution in [1.82, 2.24) is 15.3 Å². The lowest BCUT2D eigenvalue weighted by Crippen LogP contribution is -2.32. The predicted octanol–water partition coefficient (Wildman–Crippen LogP) is 3.41. The van der Waals surface area contributed by atoms with Crippen LogP contribution in [0.5, 0.6) is 0 Å². The van der Waals surface area contributed by atoms with Gasteiger partial charge in [-0.15, -0.1) is 11.3 Å². The Kier molecular flexibility index (Phi) is 4.35. The number of aromatic amines is 1. The Labute approximate surface area is 152 Å². The number of thioether (sulfide) groups is 1. The molecule has 1 aliphatic carbocycles. The molecule has 1 aliphatic rings. The molecule has 1 aromatic carbocycles. The monoisotopic (exact) mass is 371 g/mol. The minimum atomic E-state index is -0.297. The number of benzene rings is 1. The fourth-order valence-corrected chi connectivity index (χ4v) is 4.39. The van der Waals surface area contributed by atoms with Crippen LogP contribution in [0.25, 0.3) is 21.3 Å². The van der Waals surface area contributed by atoms with Crippen LogP contribution in [0, 0.1) is 0 Å². The summed E-state index contributed by atoms with van der Waals surface area (Å²) in [5.41, 5.74) is 1.73. The first kappa shape index (κ1) is 16.4. The van der Waals surface area contributed by atoms with Gasteiger partial charge < -0.3 is 10.3 Å². The van der Waals surface area contributed by atoms with Gasteiger partial charge in [0.1, 0.15) is 4.83 Å². The van der Waals surface area contributed by atoms with Gasteiger partial charge in [-0.3, -0.25) is 9.59 Å². The smallest absolute Gasteiger partial charge is 0.260 e. The molecule has 0 radical (unpaired) electrons. The molecule has 1 fully saturated rings. The van der Waals surface area contributed by atoms with E-state index in [9.17, 15) is 9.59 Å². The molecule has 5 nitrogen and oxygen atoms in total. The Balaban J connectivity index is 1.62. The highest BCUT2D eigenvalue weighted by Crippen LogP contribution is 2.32. The molecule has 2 aromatic heterocycles. The maximum atomic E-state index is 12.6. The van der Waals surface area contributed by atoms with Crippen molar-refractivity contribution >= 4 is 39.2 Å². The van der Waals surface area contributed by atoms with Crippen molar-refractivity contribution in [3.63, 3.8) is 0 Å². The van der Waals surface area contributed by atoms with E-state index < -0.39 is 0 Å². The fourth-order valence-electron chi connectivity index (χ4n) is 2.58. The number of fused-ring (bicyclic) bond motifs is 1. The number of hydrogen-bond acceptors (Lipinski definition) is 5. The lowest BCUT2D eigenvalue weighted by molar-refractivity contribution is -0.120. The van der Waals surface area contributed by atoms with Gasteiger partial charge in [-0.05, 0) is 25.3 Å². The average molecular weight is 371 g/mol. The van der Waals surface area contributed by atoms with E-state index in [1.807, 2.05) is 42.6 Å². The molecule has 1 saturated carbocycles. The number of carbonyl (C=O) groups is 1. The van der Waals surface area contributed by atoms with Gasteiger partial charge in [0, 0.05) is 17.0 Å². The number of thiophene rings is 1. The van der Waals surface area contributed by atoms with Crippen LogP contribution in [-0.2, 0) is 4.79 Å². The molecule has 2 N–H and O–H groups in total. The van der Waals surface area contributed by atoms with Crippen molar-refractivity contribution < 1.29 is 4.79 Å².